The summed E-state index contributed by atoms with van der Waals surface area (Å²) in [4.78, 5) is 0. The van der Waals surface area contributed by atoms with E-state index in [9.17, 15) is 26.3 Å². The highest BCUT2D eigenvalue weighted by molar-refractivity contribution is 5.25. The lowest BCUT2D eigenvalue weighted by Gasteiger charge is -2.09. The van der Waals surface area contributed by atoms with Gasteiger partial charge < -0.3 is 4.74 Å². The Balaban J connectivity index is 1.71. The maximum atomic E-state index is 12.4. The second kappa shape index (κ2) is 7.91. The van der Waals surface area contributed by atoms with Crippen LogP contribution in [0.15, 0.2) is 48.5 Å². The lowest BCUT2D eigenvalue weighted by molar-refractivity contribution is -0.138. The highest BCUT2D eigenvalue weighted by Gasteiger charge is 2.30. The predicted molar refractivity (Wildman–Crippen MR) is 81.1 cm³/mol. The van der Waals surface area contributed by atoms with Crippen molar-refractivity contribution in [1.29, 1.82) is 0 Å². The van der Waals surface area contributed by atoms with Crippen LogP contribution < -0.4 is 0 Å². The lowest BCUT2D eigenvalue weighted by atomic mass is 10.1. The SMILES string of the molecule is FC(F)(F)c1ccc(CCOCCc2ccc(C(F)(F)F)cc2)cc1. The second-order valence-corrected chi connectivity index (χ2v) is 5.50. The molecule has 136 valence electrons. The molecule has 0 heterocycles. The predicted octanol–water partition coefficient (Wildman–Crippen LogP) is 5.53. The molecule has 0 aromatic heterocycles. The van der Waals surface area contributed by atoms with E-state index < -0.39 is 23.5 Å². The Kier molecular flexibility index (Phi) is 6.11. The summed E-state index contributed by atoms with van der Waals surface area (Å²) >= 11 is 0. The number of hydrogen-bond acceptors (Lipinski definition) is 1. The summed E-state index contributed by atoms with van der Waals surface area (Å²) in [6, 6.07) is 9.72. The van der Waals surface area contributed by atoms with Gasteiger partial charge in [-0.15, -0.1) is 0 Å². The summed E-state index contributed by atoms with van der Waals surface area (Å²) in [6.07, 6.45) is -7.77. The zero-order valence-electron chi connectivity index (χ0n) is 13.1. The van der Waals surface area contributed by atoms with Crippen molar-refractivity contribution < 1.29 is 31.1 Å². The van der Waals surface area contributed by atoms with Gasteiger partial charge in [-0.25, -0.2) is 0 Å². The van der Waals surface area contributed by atoms with E-state index in [1.807, 2.05) is 0 Å². The molecule has 2 aromatic rings. The van der Waals surface area contributed by atoms with E-state index in [2.05, 4.69) is 0 Å². The molecule has 2 aromatic carbocycles. The van der Waals surface area contributed by atoms with Crippen LogP contribution in [-0.4, -0.2) is 13.2 Å². The Hall–Kier alpha value is -2.02. The van der Waals surface area contributed by atoms with Gasteiger partial charge >= 0.3 is 12.4 Å². The third kappa shape index (κ3) is 6.08. The van der Waals surface area contributed by atoms with Crippen LogP contribution >= 0.6 is 0 Å². The van der Waals surface area contributed by atoms with Crippen LogP contribution in [0.5, 0.6) is 0 Å². The third-order valence-electron chi connectivity index (χ3n) is 3.63. The molecular weight excluding hydrogens is 346 g/mol. The molecule has 25 heavy (non-hydrogen) atoms. The van der Waals surface area contributed by atoms with Crippen LogP contribution in [0.4, 0.5) is 26.3 Å². The van der Waals surface area contributed by atoms with Crippen LogP contribution in [0.3, 0.4) is 0 Å². The van der Waals surface area contributed by atoms with E-state index >= 15 is 0 Å². The first-order chi connectivity index (χ1) is 11.7. The van der Waals surface area contributed by atoms with Crippen molar-refractivity contribution in [3.8, 4) is 0 Å². The summed E-state index contributed by atoms with van der Waals surface area (Å²) in [5.74, 6) is 0. The molecule has 1 nitrogen and oxygen atoms in total. The van der Waals surface area contributed by atoms with Crippen molar-refractivity contribution in [1.82, 2.24) is 0 Å². The number of benzene rings is 2. The Morgan fingerprint density at radius 2 is 0.880 bits per heavy atom. The Labute approximate surface area is 141 Å². The Morgan fingerprint density at radius 3 is 1.16 bits per heavy atom. The van der Waals surface area contributed by atoms with E-state index in [-0.39, 0.29) is 0 Å². The van der Waals surface area contributed by atoms with Crippen LogP contribution in [-0.2, 0) is 29.9 Å². The van der Waals surface area contributed by atoms with Gasteiger partial charge in [-0.1, -0.05) is 24.3 Å². The minimum atomic E-state index is -4.35. The fourth-order valence-electron chi connectivity index (χ4n) is 2.20. The fraction of sp³-hybridized carbons (Fsp3) is 0.333. The lowest BCUT2D eigenvalue weighted by Crippen LogP contribution is -2.06. The summed E-state index contributed by atoms with van der Waals surface area (Å²) < 4.78 is 80.0. The van der Waals surface area contributed by atoms with E-state index in [0.717, 1.165) is 35.4 Å². The number of ether oxygens (including phenoxy) is 1. The van der Waals surface area contributed by atoms with Gasteiger partial charge in [0.25, 0.3) is 0 Å². The molecular formula is C18H16F6O. The zero-order valence-corrected chi connectivity index (χ0v) is 13.1. The minimum absolute atomic E-state index is 0.325. The van der Waals surface area contributed by atoms with Crippen molar-refractivity contribution >= 4 is 0 Å². The zero-order chi connectivity index (χ0) is 18.5. The molecule has 0 aliphatic carbocycles. The topological polar surface area (TPSA) is 9.23 Å². The minimum Gasteiger partial charge on any atom is -0.381 e. The van der Waals surface area contributed by atoms with Crippen LogP contribution in [0.2, 0.25) is 0 Å². The molecule has 0 aliphatic heterocycles. The summed E-state index contributed by atoms with van der Waals surface area (Å²) in [7, 11) is 0. The standard InChI is InChI=1S/C18H16F6O/c19-17(20,21)15-5-1-13(2-6-15)9-11-25-12-10-14-3-7-16(8-4-14)18(22,23)24/h1-8H,9-12H2. The number of alkyl halides is 6. The second-order valence-electron chi connectivity index (χ2n) is 5.50. The van der Waals surface area contributed by atoms with E-state index in [1.165, 1.54) is 24.3 Å². The fourth-order valence-corrected chi connectivity index (χ4v) is 2.20. The highest BCUT2D eigenvalue weighted by atomic mass is 19.4. The molecule has 0 bridgehead atoms. The van der Waals surface area contributed by atoms with E-state index in [4.69, 9.17) is 4.74 Å². The summed E-state index contributed by atoms with van der Waals surface area (Å²) in [6.45, 7) is 0.651. The van der Waals surface area contributed by atoms with Gasteiger partial charge in [0.1, 0.15) is 0 Å². The summed E-state index contributed by atoms with van der Waals surface area (Å²) in [5.41, 5.74) is 0.0593. The number of halogens is 6. The molecule has 0 fully saturated rings. The van der Waals surface area contributed by atoms with Gasteiger partial charge in [0.05, 0.1) is 24.3 Å². The van der Waals surface area contributed by atoms with Gasteiger partial charge in [-0.05, 0) is 48.2 Å². The monoisotopic (exact) mass is 362 g/mol. The van der Waals surface area contributed by atoms with E-state index in [0.29, 0.717) is 26.1 Å². The first-order valence-electron chi connectivity index (χ1n) is 7.56. The smallest absolute Gasteiger partial charge is 0.381 e. The van der Waals surface area contributed by atoms with E-state index in [1.54, 1.807) is 0 Å². The molecule has 0 N–H and O–H groups in total. The first kappa shape index (κ1) is 19.3. The number of rotatable bonds is 6. The molecule has 0 spiro atoms. The normalized spacial score (nSPS) is 12.4. The first-order valence-corrected chi connectivity index (χ1v) is 7.56. The molecule has 7 heteroatoms. The molecule has 0 atom stereocenters. The van der Waals surface area contributed by atoms with Crippen molar-refractivity contribution in [2.24, 2.45) is 0 Å². The molecule has 0 amide bonds. The quantitative estimate of drug-likeness (QED) is 0.485. The van der Waals surface area contributed by atoms with Gasteiger partial charge in [-0.2, -0.15) is 26.3 Å². The van der Waals surface area contributed by atoms with Crippen LogP contribution in [0.25, 0.3) is 0 Å². The maximum absolute atomic E-state index is 12.4. The van der Waals surface area contributed by atoms with Gasteiger partial charge in [0.15, 0.2) is 0 Å². The molecule has 0 saturated carbocycles. The van der Waals surface area contributed by atoms with Gasteiger partial charge in [-0.3, -0.25) is 0 Å². The molecule has 0 radical (unpaired) electrons. The van der Waals surface area contributed by atoms with Crippen LogP contribution in [0, 0.1) is 0 Å². The molecule has 2 rings (SSSR count). The third-order valence-corrected chi connectivity index (χ3v) is 3.63. The summed E-state index contributed by atoms with van der Waals surface area (Å²) in [5, 5.41) is 0. The number of hydrogen-bond donors (Lipinski definition) is 0. The average Bonchev–Trinajstić information content (AvgIpc) is 2.54. The highest BCUT2D eigenvalue weighted by Crippen LogP contribution is 2.30. The van der Waals surface area contributed by atoms with Gasteiger partial charge in [0, 0.05) is 0 Å². The molecule has 0 unspecified atom stereocenters. The molecule has 0 aliphatic rings. The Morgan fingerprint density at radius 1 is 0.560 bits per heavy atom. The van der Waals surface area contributed by atoms with Crippen molar-refractivity contribution in [3.63, 3.8) is 0 Å². The average molecular weight is 362 g/mol. The van der Waals surface area contributed by atoms with Crippen molar-refractivity contribution in [2.75, 3.05) is 13.2 Å². The Bertz CT molecular complexity index is 596. The maximum Gasteiger partial charge on any atom is 0.416 e. The largest absolute Gasteiger partial charge is 0.416 e. The van der Waals surface area contributed by atoms with Gasteiger partial charge in [0.2, 0.25) is 0 Å². The van der Waals surface area contributed by atoms with Crippen molar-refractivity contribution in [2.45, 2.75) is 25.2 Å². The van der Waals surface area contributed by atoms with Crippen LogP contribution in [0.1, 0.15) is 22.3 Å². The molecule has 0 saturated heterocycles. The van der Waals surface area contributed by atoms with Crippen molar-refractivity contribution in [3.05, 3.63) is 70.8 Å².